The van der Waals surface area contributed by atoms with Gasteiger partial charge in [0.15, 0.2) is 0 Å². The molecule has 1 saturated heterocycles. The Morgan fingerprint density at radius 3 is 2.71 bits per heavy atom. The molecule has 0 N–H and O–H groups in total. The van der Waals surface area contributed by atoms with Gasteiger partial charge in [-0.3, -0.25) is 0 Å². The van der Waals surface area contributed by atoms with Crippen molar-refractivity contribution in [2.45, 2.75) is 19.3 Å². The fraction of sp³-hybridized carbons (Fsp3) is 0.333. The van der Waals surface area contributed by atoms with Crippen LogP contribution >= 0.6 is 23.2 Å². The molecule has 122 valence electrons. The molecule has 1 aromatic carbocycles. The topological polar surface area (TPSA) is 34.0 Å². The molecule has 0 amide bonds. The fourth-order valence-corrected chi connectivity index (χ4v) is 4.06. The van der Waals surface area contributed by atoms with Crippen molar-refractivity contribution in [3.8, 4) is 5.69 Å². The number of halogens is 2. The van der Waals surface area contributed by atoms with Crippen molar-refractivity contribution in [2.24, 2.45) is 5.41 Å². The van der Waals surface area contributed by atoms with Crippen LogP contribution in [0.4, 0.5) is 5.82 Å². The number of pyridine rings is 1. The molecule has 2 aliphatic rings. The molecule has 1 aliphatic carbocycles. The van der Waals surface area contributed by atoms with Crippen LogP contribution in [-0.4, -0.2) is 27.6 Å². The molecule has 1 aliphatic heterocycles. The highest BCUT2D eigenvalue weighted by molar-refractivity contribution is 6.45. The third-order valence-corrected chi connectivity index (χ3v) is 6.13. The molecule has 3 heterocycles. The molecule has 0 bridgehead atoms. The standard InChI is InChI=1S/C18H16Cl2N4/c19-13-2-1-12-14(24-8-6-21-11-24)9-15(22-17(12)16(13)20)23-7-5-18(10-23)3-4-18/h1-2,6,8-9,11H,3-5,7,10H2. The van der Waals surface area contributed by atoms with Crippen molar-refractivity contribution in [3.05, 3.63) is 47.0 Å². The Kier molecular flexibility index (Phi) is 3.10. The van der Waals surface area contributed by atoms with Gasteiger partial charge < -0.3 is 9.47 Å². The first-order chi connectivity index (χ1) is 11.7. The van der Waals surface area contributed by atoms with E-state index in [0.717, 1.165) is 35.5 Å². The Bertz CT molecular complexity index is 932. The van der Waals surface area contributed by atoms with E-state index in [1.807, 2.05) is 22.9 Å². The Hall–Kier alpha value is -1.78. The van der Waals surface area contributed by atoms with Crippen molar-refractivity contribution in [2.75, 3.05) is 18.0 Å². The van der Waals surface area contributed by atoms with Gasteiger partial charge in [-0.1, -0.05) is 23.2 Å². The Balaban J connectivity index is 1.72. The van der Waals surface area contributed by atoms with E-state index in [1.165, 1.54) is 19.3 Å². The number of rotatable bonds is 2. The molecule has 3 aromatic rings. The zero-order valence-corrected chi connectivity index (χ0v) is 14.6. The van der Waals surface area contributed by atoms with E-state index in [0.29, 0.717) is 15.5 Å². The van der Waals surface area contributed by atoms with Gasteiger partial charge in [-0.25, -0.2) is 9.97 Å². The molecule has 24 heavy (non-hydrogen) atoms. The van der Waals surface area contributed by atoms with Crippen LogP contribution in [0, 0.1) is 5.41 Å². The van der Waals surface area contributed by atoms with Gasteiger partial charge in [-0.15, -0.1) is 0 Å². The molecule has 6 heteroatoms. The van der Waals surface area contributed by atoms with Crippen LogP contribution in [0.3, 0.4) is 0 Å². The Morgan fingerprint density at radius 2 is 2.00 bits per heavy atom. The maximum absolute atomic E-state index is 6.47. The van der Waals surface area contributed by atoms with E-state index in [9.17, 15) is 0 Å². The molecule has 5 rings (SSSR count). The lowest BCUT2D eigenvalue weighted by Crippen LogP contribution is -2.21. The Labute approximate surface area is 150 Å². The fourth-order valence-electron chi connectivity index (χ4n) is 3.70. The minimum atomic E-state index is 0.512. The summed E-state index contributed by atoms with van der Waals surface area (Å²) in [5.41, 5.74) is 2.33. The highest BCUT2D eigenvalue weighted by atomic mass is 35.5. The average Bonchev–Trinajstić information content (AvgIpc) is 3.00. The van der Waals surface area contributed by atoms with Gasteiger partial charge in [-0.05, 0) is 36.8 Å². The number of aromatic nitrogens is 3. The summed E-state index contributed by atoms with van der Waals surface area (Å²) in [6.07, 6.45) is 9.46. The van der Waals surface area contributed by atoms with E-state index in [4.69, 9.17) is 28.2 Å². The van der Waals surface area contributed by atoms with Crippen LogP contribution in [0.5, 0.6) is 0 Å². The van der Waals surface area contributed by atoms with Gasteiger partial charge in [0.05, 0.1) is 27.6 Å². The third kappa shape index (κ3) is 2.20. The van der Waals surface area contributed by atoms with E-state index in [1.54, 1.807) is 12.5 Å². The molecular formula is C18H16Cl2N4. The lowest BCUT2D eigenvalue weighted by molar-refractivity contribution is 0.580. The summed E-state index contributed by atoms with van der Waals surface area (Å²) < 4.78 is 2.00. The molecule has 0 atom stereocenters. The van der Waals surface area contributed by atoms with Crippen molar-refractivity contribution in [1.82, 2.24) is 14.5 Å². The second-order valence-corrected chi connectivity index (χ2v) is 7.68. The summed E-state index contributed by atoms with van der Waals surface area (Å²) in [6.45, 7) is 2.15. The van der Waals surface area contributed by atoms with Crippen LogP contribution in [0.25, 0.3) is 16.6 Å². The van der Waals surface area contributed by atoms with Crippen LogP contribution in [0.1, 0.15) is 19.3 Å². The van der Waals surface area contributed by atoms with E-state index >= 15 is 0 Å². The number of hydrogen-bond acceptors (Lipinski definition) is 3. The molecule has 1 saturated carbocycles. The molecule has 0 unspecified atom stereocenters. The van der Waals surface area contributed by atoms with Crippen molar-refractivity contribution in [1.29, 1.82) is 0 Å². The number of hydrogen-bond donors (Lipinski definition) is 0. The molecule has 2 aromatic heterocycles. The first-order valence-electron chi connectivity index (χ1n) is 8.17. The SMILES string of the molecule is Clc1ccc2c(-n3ccnc3)cc(N3CCC4(CC4)C3)nc2c1Cl. The second kappa shape index (κ2) is 5.11. The van der Waals surface area contributed by atoms with Crippen LogP contribution < -0.4 is 4.90 Å². The predicted octanol–water partition coefficient (Wildman–Crippen LogP) is 4.72. The van der Waals surface area contributed by atoms with Crippen molar-refractivity contribution < 1.29 is 0 Å². The molecule has 2 fully saturated rings. The van der Waals surface area contributed by atoms with Crippen molar-refractivity contribution >= 4 is 39.9 Å². The van der Waals surface area contributed by atoms with Gasteiger partial charge in [0.25, 0.3) is 0 Å². The highest BCUT2D eigenvalue weighted by Gasteiger charge is 2.48. The van der Waals surface area contributed by atoms with Crippen LogP contribution in [0.2, 0.25) is 10.0 Å². The zero-order chi connectivity index (χ0) is 16.3. The van der Waals surface area contributed by atoms with Gasteiger partial charge >= 0.3 is 0 Å². The molecular weight excluding hydrogens is 343 g/mol. The third-order valence-electron chi connectivity index (χ3n) is 5.34. The Morgan fingerprint density at radius 1 is 1.12 bits per heavy atom. The second-order valence-electron chi connectivity index (χ2n) is 6.90. The number of fused-ring (bicyclic) bond motifs is 1. The first kappa shape index (κ1) is 14.6. The lowest BCUT2D eigenvalue weighted by Gasteiger charge is -2.20. The quantitative estimate of drug-likeness (QED) is 0.664. The van der Waals surface area contributed by atoms with E-state index in [-0.39, 0.29) is 0 Å². The predicted molar refractivity (Wildman–Crippen MR) is 97.4 cm³/mol. The van der Waals surface area contributed by atoms with Crippen LogP contribution in [-0.2, 0) is 0 Å². The van der Waals surface area contributed by atoms with Gasteiger partial charge in [0.1, 0.15) is 5.82 Å². The highest BCUT2D eigenvalue weighted by Crippen LogP contribution is 2.53. The van der Waals surface area contributed by atoms with Gasteiger partial charge in [0.2, 0.25) is 0 Å². The monoisotopic (exact) mass is 358 g/mol. The summed E-state index contributed by atoms with van der Waals surface area (Å²) in [5.74, 6) is 0.971. The largest absolute Gasteiger partial charge is 0.356 e. The van der Waals surface area contributed by atoms with Crippen LogP contribution in [0.15, 0.2) is 36.9 Å². The first-order valence-corrected chi connectivity index (χ1v) is 8.93. The van der Waals surface area contributed by atoms with E-state index in [2.05, 4.69) is 16.0 Å². The summed E-state index contributed by atoms with van der Waals surface area (Å²) >= 11 is 12.7. The average molecular weight is 359 g/mol. The minimum Gasteiger partial charge on any atom is -0.356 e. The summed E-state index contributed by atoms with van der Waals surface area (Å²) in [5, 5.41) is 2.02. The summed E-state index contributed by atoms with van der Waals surface area (Å²) in [6, 6.07) is 5.93. The maximum atomic E-state index is 6.47. The smallest absolute Gasteiger partial charge is 0.131 e. The number of benzene rings is 1. The minimum absolute atomic E-state index is 0.512. The maximum Gasteiger partial charge on any atom is 0.131 e. The van der Waals surface area contributed by atoms with Gasteiger partial charge in [-0.2, -0.15) is 0 Å². The number of anilines is 1. The summed E-state index contributed by atoms with van der Waals surface area (Å²) in [4.78, 5) is 11.4. The molecule has 4 nitrogen and oxygen atoms in total. The van der Waals surface area contributed by atoms with Crippen molar-refractivity contribution in [3.63, 3.8) is 0 Å². The van der Waals surface area contributed by atoms with E-state index < -0.39 is 0 Å². The normalized spacial score (nSPS) is 18.7. The summed E-state index contributed by atoms with van der Waals surface area (Å²) in [7, 11) is 0. The molecule has 1 spiro atoms. The number of imidazole rings is 1. The number of nitrogens with zero attached hydrogens (tertiary/aromatic N) is 4. The lowest BCUT2D eigenvalue weighted by atomic mass is 10.1. The molecule has 0 radical (unpaired) electrons. The zero-order valence-electron chi connectivity index (χ0n) is 13.0. The van der Waals surface area contributed by atoms with Gasteiger partial charge in [0, 0.05) is 36.9 Å².